The largest absolute Gasteiger partial charge is 0.379 e. The molecule has 33 heavy (non-hydrogen) atoms. The number of ether oxygens (including phenoxy) is 1. The summed E-state index contributed by atoms with van der Waals surface area (Å²) >= 11 is 0. The van der Waals surface area contributed by atoms with Crippen molar-refractivity contribution in [3.8, 4) is 11.4 Å². The first-order chi connectivity index (χ1) is 15.8. The minimum Gasteiger partial charge on any atom is -0.379 e. The zero-order chi connectivity index (χ0) is 23.6. The van der Waals surface area contributed by atoms with Gasteiger partial charge in [-0.15, -0.1) is 5.10 Å². The van der Waals surface area contributed by atoms with Crippen LogP contribution < -0.4 is 5.73 Å². The summed E-state index contributed by atoms with van der Waals surface area (Å²) in [5, 5.41) is 3.97. The predicted octanol–water partition coefficient (Wildman–Crippen LogP) is 3.20. The van der Waals surface area contributed by atoms with Crippen LogP contribution in [0.5, 0.6) is 0 Å². The Labute approximate surface area is 188 Å². The first kappa shape index (κ1) is 23.8. The van der Waals surface area contributed by atoms with Gasteiger partial charge in [-0.1, -0.05) is 6.07 Å². The summed E-state index contributed by atoms with van der Waals surface area (Å²) in [6.07, 6.45) is 2.90. The Hall–Kier alpha value is -2.37. The van der Waals surface area contributed by atoms with Crippen molar-refractivity contribution in [3.63, 3.8) is 0 Å². The highest BCUT2D eigenvalue weighted by atomic mass is 31.2. The Morgan fingerprint density at radius 2 is 2.03 bits per heavy atom. The first-order valence-corrected chi connectivity index (χ1v) is 11.4. The van der Waals surface area contributed by atoms with E-state index in [4.69, 9.17) is 24.8 Å². The van der Waals surface area contributed by atoms with Gasteiger partial charge in [0.1, 0.15) is 5.52 Å². The molecule has 0 radical (unpaired) electrons. The zero-order valence-corrected chi connectivity index (χ0v) is 18.3. The van der Waals surface area contributed by atoms with Gasteiger partial charge in [-0.25, -0.2) is 22.7 Å². The maximum atomic E-state index is 13.9. The van der Waals surface area contributed by atoms with Gasteiger partial charge < -0.3 is 24.8 Å². The van der Waals surface area contributed by atoms with Crippen molar-refractivity contribution in [1.29, 1.82) is 0 Å². The predicted molar refractivity (Wildman–Crippen MR) is 114 cm³/mol. The maximum absolute atomic E-state index is 13.9. The quantitative estimate of drug-likeness (QED) is 0.470. The van der Waals surface area contributed by atoms with E-state index in [1.807, 2.05) is 0 Å². The lowest BCUT2D eigenvalue weighted by Gasteiger charge is -2.21. The van der Waals surface area contributed by atoms with Gasteiger partial charge >= 0.3 is 8.60 Å². The maximum Gasteiger partial charge on any atom is 0.327 e. The second-order valence-corrected chi connectivity index (χ2v) is 8.59. The van der Waals surface area contributed by atoms with Crippen LogP contribution in [0.3, 0.4) is 0 Å². The van der Waals surface area contributed by atoms with E-state index in [2.05, 4.69) is 15.1 Å². The number of nitrogens with two attached hydrogens (primary N) is 1. The molecule has 13 heteroatoms. The minimum absolute atomic E-state index is 0.000559. The normalized spacial score (nSPS) is 19.5. The fraction of sp³-hybridized carbons (Fsp3) is 0.450. The van der Waals surface area contributed by atoms with E-state index in [-0.39, 0.29) is 17.6 Å². The molecule has 0 spiro atoms. The van der Waals surface area contributed by atoms with E-state index in [1.165, 1.54) is 23.0 Å². The highest BCUT2D eigenvalue weighted by molar-refractivity contribution is 7.39. The number of alkyl halides is 2. The van der Waals surface area contributed by atoms with Gasteiger partial charge in [0, 0.05) is 18.9 Å². The van der Waals surface area contributed by atoms with Crippen molar-refractivity contribution in [3.05, 3.63) is 42.0 Å². The fourth-order valence-electron chi connectivity index (χ4n) is 3.68. The molecular formula is C20H23F3N5O4P. The molecule has 1 unspecified atom stereocenters. The molecule has 2 fully saturated rings. The Balaban J connectivity index is 0.000000219. The summed E-state index contributed by atoms with van der Waals surface area (Å²) in [6.45, 7) is 1.24. The van der Waals surface area contributed by atoms with Crippen LogP contribution >= 0.6 is 8.60 Å². The lowest BCUT2D eigenvalue weighted by molar-refractivity contribution is 0.00245. The van der Waals surface area contributed by atoms with E-state index in [1.54, 1.807) is 12.1 Å². The summed E-state index contributed by atoms with van der Waals surface area (Å²) in [5.74, 6) is -0.502. The summed E-state index contributed by atoms with van der Waals surface area (Å²) < 4.78 is 51.3. The molecule has 0 amide bonds. The van der Waals surface area contributed by atoms with Crippen molar-refractivity contribution in [1.82, 2.24) is 19.6 Å². The van der Waals surface area contributed by atoms with Crippen LogP contribution in [-0.4, -0.2) is 55.1 Å². The number of hydrogen-bond acceptors (Lipinski definition) is 8. The van der Waals surface area contributed by atoms with Crippen molar-refractivity contribution in [2.24, 2.45) is 0 Å². The molecule has 2 aliphatic rings. The Morgan fingerprint density at radius 3 is 2.61 bits per heavy atom. The van der Waals surface area contributed by atoms with Crippen LogP contribution in [0.25, 0.3) is 16.9 Å². The molecule has 1 atom stereocenters. The Morgan fingerprint density at radius 1 is 1.24 bits per heavy atom. The Bertz CT molecular complexity index is 1090. The van der Waals surface area contributed by atoms with E-state index in [9.17, 15) is 13.2 Å². The average molecular weight is 485 g/mol. The fourth-order valence-corrected chi connectivity index (χ4v) is 4.12. The molecule has 1 saturated carbocycles. The van der Waals surface area contributed by atoms with E-state index < -0.39 is 26.3 Å². The van der Waals surface area contributed by atoms with Gasteiger partial charge in [0.15, 0.2) is 5.82 Å². The molecule has 1 aliphatic heterocycles. The van der Waals surface area contributed by atoms with Crippen LogP contribution in [0.15, 0.2) is 30.6 Å². The smallest absolute Gasteiger partial charge is 0.327 e. The van der Waals surface area contributed by atoms with Crippen molar-refractivity contribution in [2.75, 3.05) is 18.9 Å². The molecule has 5 rings (SSSR count). The Kier molecular flexibility index (Phi) is 7.10. The van der Waals surface area contributed by atoms with Crippen LogP contribution in [-0.2, 0) is 14.7 Å². The molecule has 1 aliphatic carbocycles. The monoisotopic (exact) mass is 485 g/mol. The summed E-state index contributed by atoms with van der Waals surface area (Å²) in [6, 6.07) is 4.48. The highest BCUT2D eigenvalue weighted by Crippen LogP contribution is 2.52. The SMILES string of the molecule is Nc1ncc2c(F)cc(-c3ccc(C4(C(F)F)CC4)cn3)n2n1.OP(O)OC1CCCOC1. The number of hydrogen-bond donors (Lipinski definition) is 3. The summed E-state index contributed by atoms with van der Waals surface area (Å²) in [7, 11) is -2.20. The van der Waals surface area contributed by atoms with E-state index in [0.717, 1.165) is 19.4 Å². The number of halogens is 3. The number of fused-ring (bicyclic) bond motifs is 1. The van der Waals surface area contributed by atoms with Gasteiger partial charge in [0.05, 0.1) is 35.7 Å². The molecule has 9 nitrogen and oxygen atoms in total. The molecule has 4 N–H and O–H groups in total. The van der Waals surface area contributed by atoms with Gasteiger partial charge in [-0.2, -0.15) is 0 Å². The molecule has 3 aromatic heterocycles. The summed E-state index contributed by atoms with van der Waals surface area (Å²) in [4.78, 5) is 24.9. The third kappa shape index (κ3) is 5.25. The van der Waals surface area contributed by atoms with Crippen LogP contribution in [0.2, 0.25) is 0 Å². The lowest BCUT2D eigenvalue weighted by Crippen LogP contribution is -2.23. The molecule has 0 bridgehead atoms. The number of nitrogens with zero attached hydrogens (tertiary/aromatic N) is 4. The average Bonchev–Trinajstić information content (AvgIpc) is 3.55. The molecule has 0 aromatic carbocycles. The topological polar surface area (TPSA) is 128 Å². The number of nitrogen functional groups attached to an aromatic ring is 1. The molecular weight excluding hydrogens is 462 g/mol. The van der Waals surface area contributed by atoms with Gasteiger partial charge in [-0.05, 0) is 37.3 Å². The lowest BCUT2D eigenvalue weighted by atomic mass is 9.98. The number of aromatic nitrogens is 4. The molecule has 1 saturated heterocycles. The standard InChI is InChI=1S/C15H12F3N5.C5H11O4P/c16-9-5-11(23-12(9)7-21-14(19)22-23)10-2-1-8(6-20-10)15(3-4-15)13(17)18;6-10(7)9-5-2-1-3-8-4-5/h1-2,5-7,13H,3-4H2,(H2,19,22);5-7H,1-4H2. The third-order valence-electron chi connectivity index (χ3n) is 5.66. The number of anilines is 1. The van der Waals surface area contributed by atoms with Gasteiger partial charge in [0.2, 0.25) is 12.4 Å². The first-order valence-electron chi connectivity index (χ1n) is 10.3. The van der Waals surface area contributed by atoms with Crippen LogP contribution in [0, 0.1) is 5.82 Å². The highest BCUT2D eigenvalue weighted by Gasteiger charge is 2.52. The molecule has 3 aromatic rings. The molecule has 178 valence electrons. The van der Waals surface area contributed by atoms with Crippen molar-refractivity contribution in [2.45, 2.75) is 43.6 Å². The minimum atomic E-state index is -2.41. The second-order valence-electron chi connectivity index (χ2n) is 7.88. The van der Waals surface area contributed by atoms with Crippen molar-refractivity contribution >= 4 is 20.1 Å². The number of pyridine rings is 1. The van der Waals surface area contributed by atoms with E-state index >= 15 is 0 Å². The van der Waals surface area contributed by atoms with E-state index in [0.29, 0.717) is 36.4 Å². The van der Waals surface area contributed by atoms with Crippen LogP contribution in [0.4, 0.5) is 19.1 Å². The second kappa shape index (κ2) is 9.86. The summed E-state index contributed by atoms with van der Waals surface area (Å²) in [5.41, 5.74) is 5.96. The molecule has 4 heterocycles. The van der Waals surface area contributed by atoms with Crippen molar-refractivity contribution < 1.29 is 32.2 Å². The zero-order valence-electron chi connectivity index (χ0n) is 17.4. The van der Waals surface area contributed by atoms with Gasteiger partial charge in [0.25, 0.3) is 0 Å². The third-order valence-corrected chi connectivity index (χ3v) is 6.14. The van der Waals surface area contributed by atoms with Gasteiger partial charge in [-0.3, -0.25) is 4.98 Å². The van der Waals surface area contributed by atoms with Crippen LogP contribution in [0.1, 0.15) is 31.2 Å². The number of rotatable bonds is 5.